The zero-order valence-electron chi connectivity index (χ0n) is 9.99. The third-order valence-electron chi connectivity index (χ3n) is 1.51. The molecule has 15 heavy (non-hydrogen) atoms. The van der Waals surface area contributed by atoms with E-state index in [4.69, 9.17) is 5.73 Å². The third kappa shape index (κ3) is 5.78. The number of nitrogens with two attached hydrogens (primary N) is 1. The third-order valence-corrected chi connectivity index (χ3v) is 1.51. The molecule has 0 fully saturated rings. The van der Waals surface area contributed by atoms with Crippen LogP contribution in [0.5, 0.6) is 0 Å². The van der Waals surface area contributed by atoms with Gasteiger partial charge in [0.2, 0.25) is 0 Å². The molecular weight excluding hydrogens is 188 g/mol. The minimum Gasteiger partial charge on any atom is -0.387 e. The van der Waals surface area contributed by atoms with E-state index in [1.807, 2.05) is 20.8 Å². The maximum Gasteiger partial charge on any atom is 0.172 e. The van der Waals surface area contributed by atoms with E-state index in [1.54, 1.807) is 12.4 Å². The van der Waals surface area contributed by atoms with E-state index in [1.165, 1.54) is 0 Å². The molecule has 0 bridgehead atoms. The molecule has 0 atom stereocenters. The van der Waals surface area contributed by atoms with Crippen LogP contribution in [0, 0.1) is 6.92 Å². The second-order valence-electron chi connectivity index (χ2n) is 2.87. The van der Waals surface area contributed by atoms with Crippen LogP contribution in [-0.2, 0) is 0 Å². The number of nitrogens with zero attached hydrogens (tertiary/aromatic N) is 3. The molecule has 1 rings (SSSR count). The second kappa shape index (κ2) is 7.91. The summed E-state index contributed by atoms with van der Waals surface area (Å²) in [5.74, 6) is 1.20. The van der Waals surface area contributed by atoms with Gasteiger partial charge in [0.1, 0.15) is 5.84 Å². The molecule has 0 saturated heterocycles. The van der Waals surface area contributed by atoms with Crippen molar-refractivity contribution in [2.24, 2.45) is 10.7 Å². The summed E-state index contributed by atoms with van der Waals surface area (Å²) in [6.45, 7) is 7.94. The van der Waals surface area contributed by atoms with Crippen molar-refractivity contribution in [2.75, 3.05) is 0 Å². The Kier molecular flexibility index (Phi) is 7.14. The first-order valence-corrected chi connectivity index (χ1v) is 5.34. The van der Waals surface area contributed by atoms with Gasteiger partial charge in [0.25, 0.3) is 0 Å². The Bertz CT molecular complexity index is 307. The quantitative estimate of drug-likeness (QED) is 0.613. The van der Waals surface area contributed by atoms with Crippen molar-refractivity contribution in [3.8, 4) is 0 Å². The fourth-order valence-electron chi connectivity index (χ4n) is 0.963. The lowest BCUT2D eigenvalue weighted by Gasteiger charge is -1.97. The van der Waals surface area contributed by atoms with Gasteiger partial charge in [0.15, 0.2) is 5.82 Å². The Morgan fingerprint density at radius 2 is 2.07 bits per heavy atom. The molecule has 0 saturated carbocycles. The van der Waals surface area contributed by atoms with E-state index in [0.29, 0.717) is 11.7 Å². The highest BCUT2D eigenvalue weighted by molar-refractivity contribution is 5.82. The van der Waals surface area contributed by atoms with Gasteiger partial charge >= 0.3 is 0 Å². The maximum absolute atomic E-state index is 5.65. The number of aliphatic imine (C=N–C) groups is 1. The lowest BCUT2D eigenvalue weighted by atomic mass is 10.3. The molecule has 0 amide bonds. The second-order valence-corrected chi connectivity index (χ2v) is 2.87. The Hall–Kier alpha value is -1.45. The summed E-state index contributed by atoms with van der Waals surface area (Å²) < 4.78 is 0. The van der Waals surface area contributed by atoms with E-state index in [-0.39, 0.29) is 0 Å². The molecule has 0 radical (unpaired) electrons. The van der Waals surface area contributed by atoms with Gasteiger partial charge < -0.3 is 5.73 Å². The molecule has 0 aliphatic heterocycles. The maximum atomic E-state index is 5.65. The molecule has 1 aromatic heterocycles. The Morgan fingerprint density at radius 1 is 1.40 bits per heavy atom. The molecule has 84 valence electrons. The van der Waals surface area contributed by atoms with Gasteiger partial charge in [-0.3, -0.25) is 4.98 Å². The van der Waals surface area contributed by atoms with Crippen LogP contribution in [0.4, 0.5) is 5.82 Å². The molecule has 0 unspecified atom stereocenters. The zero-order valence-corrected chi connectivity index (χ0v) is 9.99. The van der Waals surface area contributed by atoms with E-state index < -0.39 is 0 Å². The summed E-state index contributed by atoms with van der Waals surface area (Å²) in [5.41, 5.74) is 6.50. The average Bonchev–Trinajstić information content (AvgIpc) is 2.21. The van der Waals surface area contributed by atoms with Crippen molar-refractivity contribution in [1.82, 2.24) is 9.97 Å². The van der Waals surface area contributed by atoms with Crippen molar-refractivity contribution in [3.63, 3.8) is 0 Å². The largest absolute Gasteiger partial charge is 0.387 e. The lowest BCUT2D eigenvalue weighted by Crippen LogP contribution is -2.10. The highest BCUT2D eigenvalue weighted by atomic mass is 15.0. The molecular formula is C11H20N4. The van der Waals surface area contributed by atoms with Crippen molar-refractivity contribution in [3.05, 3.63) is 18.1 Å². The predicted molar refractivity (Wildman–Crippen MR) is 64.3 cm³/mol. The Balaban J connectivity index is 0.000000921. The van der Waals surface area contributed by atoms with Crippen LogP contribution in [0.3, 0.4) is 0 Å². The normalized spacial score (nSPS) is 10.5. The van der Waals surface area contributed by atoms with Crippen LogP contribution in [0.15, 0.2) is 17.4 Å². The summed E-state index contributed by atoms with van der Waals surface area (Å²) in [6, 6.07) is 0. The monoisotopic (exact) mass is 208 g/mol. The van der Waals surface area contributed by atoms with E-state index in [2.05, 4.69) is 21.9 Å². The van der Waals surface area contributed by atoms with Crippen LogP contribution in [0.2, 0.25) is 0 Å². The summed E-state index contributed by atoms with van der Waals surface area (Å²) in [5, 5.41) is 0. The summed E-state index contributed by atoms with van der Waals surface area (Å²) in [4.78, 5) is 12.3. The van der Waals surface area contributed by atoms with Gasteiger partial charge in [-0.05, 0) is 13.3 Å². The molecule has 0 aliphatic rings. The van der Waals surface area contributed by atoms with Crippen molar-refractivity contribution in [2.45, 2.75) is 40.5 Å². The van der Waals surface area contributed by atoms with Crippen LogP contribution < -0.4 is 5.73 Å². The minimum absolute atomic E-state index is 0.589. The Morgan fingerprint density at radius 3 is 2.60 bits per heavy atom. The van der Waals surface area contributed by atoms with Crippen molar-refractivity contribution in [1.29, 1.82) is 0 Å². The molecule has 4 heteroatoms. The molecule has 0 spiro atoms. The average molecular weight is 208 g/mol. The highest BCUT2D eigenvalue weighted by Gasteiger charge is 1.94. The van der Waals surface area contributed by atoms with Crippen LogP contribution in [-0.4, -0.2) is 15.8 Å². The van der Waals surface area contributed by atoms with Gasteiger partial charge in [0.05, 0.1) is 11.9 Å². The number of hydrogen-bond donors (Lipinski definition) is 1. The SMILES string of the molecule is CC.CCCC(N)=Nc1cncc(C)n1. The van der Waals surface area contributed by atoms with Crippen LogP contribution in [0.25, 0.3) is 0 Å². The minimum atomic E-state index is 0.589. The number of aromatic nitrogens is 2. The van der Waals surface area contributed by atoms with Gasteiger partial charge in [-0.2, -0.15) is 0 Å². The van der Waals surface area contributed by atoms with Gasteiger partial charge in [-0.15, -0.1) is 0 Å². The smallest absolute Gasteiger partial charge is 0.172 e. The number of rotatable bonds is 3. The first-order chi connectivity index (χ1) is 7.22. The highest BCUT2D eigenvalue weighted by Crippen LogP contribution is 2.06. The van der Waals surface area contributed by atoms with Gasteiger partial charge in [-0.1, -0.05) is 20.8 Å². The molecule has 0 aromatic carbocycles. The number of amidine groups is 1. The summed E-state index contributed by atoms with van der Waals surface area (Å²) in [6.07, 6.45) is 5.09. The molecule has 1 aromatic rings. The van der Waals surface area contributed by atoms with Crippen LogP contribution >= 0.6 is 0 Å². The number of aryl methyl sites for hydroxylation is 1. The molecule has 1 heterocycles. The van der Waals surface area contributed by atoms with Crippen molar-refractivity contribution >= 4 is 11.7 Å². The Labute approximate surface area is 91.7 Å². The van der Waals surface area contributed by atoms with E-state index in [0.717, 1.165) is 18.5 Å². The lowest BCUT2D eigenvalue weighted by molar-refractivity contribution is 0.979. The first kappa shape index (κ1) is 13.5. The topological polar surface area (TPSA) is 64.2 Å². The zero-order chi connectivity index (χ0) is 11.7. The van der Waals surface area contributed by atoms with Crippen molar-refractivity contribution < 1.29 is 0 Å². The fraction of sp³-hybridized carbons (Fsp3) is 0.545. The summed E-state index contributed by atoms with van der Waals surface area (Å²) >= 11 is 0. The number of hydrogen-bond acceptors (Lipinski definition) is 3. The van der Waals surface area contributed by atoms with Gasteiger partial charge in [-0.25, -0.2) is 9.98 Å². The molecule has 0 aliphatic carbocycles. The first-order valence-electron chi connectivity index (χ1n) is 5.34. The van der Waals surface area contributed by atoms with Gasteiger partial charge in [0, 0.05) is 12.6 Å². The van der Waals surface area contributed by atoms with E-state index >= 15 is 0 Å². The fourth-order valence-corrected chi connectivity index (χ4v) is 0.963. The van der Waals surface area contributed by atoms with E-state index in [9.17, 15) is 0 Å². The summed E-state index contributed by atoms with van der Waals surface area (Å²) in [7, 11) is 0. The molecule has 2 N–H and O–H groups in total. The van der Waals surface area contributed by atoms with Crippen LogP contribution in [0.1, 0.15) is 39.3 Å². The standard InChI is InChI=1S/C9H14N4.C2H6/c1-3-4-8(10)13-9-6-11-5-7(2)12-9;1-2/h5-6H,3-4H2,1-2H3,(H2,10,12,13);1-2H3. The predicted octanol–water partition coefficient (Wildman–Crippen LogP) is 2.60. The molecule has 4 nitrogen and oxygen atoms in total.